The molecule has 3 heterocycles. The molecule has 6 heteroatoms. The molecule has 1 saturated carbocycles. The van der Waals surface area contributed by atoms with Crippen molar-refractivity contribution in [2.45, 2.75) is 58.0 Å². The summed E-state index contributed by atoms with van der Waals surface area (Å²) in [5.74, 6) is 1.07. The highest BCUT2D eigenvalue weighted by molar-refractivity contribution is 5.81. The van der Waals surface area contributed by atoms with Gasteiger partial charge in [0.15, 0.2) is 0 Å². The van der Waals surface area contributed by atoms with Crippen molar-refractivity contribution in [2.75, 3.05) is 32.7 Å². The van der Waals surface area contributed by atoms with E-state index in [9.17, 15) is 9.59 Å². The van der Waals surface area contributed by atoms with E-state index in [0.717, 1.165) is 76.8 Å². The molecular weight excluding hydrogens is 364 g/mol. The summed E-state index contributed by atoms with van der Waals surface area (Å²) in [4.78, 5) is 36.3. The monoisotopic (exact) mass is 398 g/mol. The second kappa shape index (κ2) is 9.24. The molecule has 158 valence electrons. The first-order valence-electron chi connectivity index (χ1n) is 11.4. The summed E-state index contributed by atoms with van der Waals surface area (Å²) in [6.45, 7) is 7.15. The Morgan fingerprint density at radius 3 is 2.55 bits per heavy atom. The van der Waals surface area contributed by atoms with Crippen molar-refractivity contribution < 1.29 is 9.59 Å². The average Bonchev–Trinajstić information content (AvgIpc) is 3.63. The van der Waals surface area contributed by atoms with E-state index in [1.165, 1.54) is 0 Å². The van der Waals surface area contributed by atoms with E-state index in [4.69, 9.17) is 0 Å². The summed E-state index contributed by atoms with van der Waals surface area (Å²) in [7, 11) is 0. The van der Waals surface area contributed by atoms with Crippen LogP contribution in [0.1, 0.15) is 51.0 Å². The lowest BCUT2D eigenvalue weighted by Gasteiger charge is -2.42. The van der Waals surface area contributed by atoms with Crippen LogP contribution in [0.15, 0.2) is 24.5 Å². The maximum atomic E-state index is 13.2. The minimum absolute atomic E-state index is 0.0893. The number of pyridine rings is 1. The molecule has 0 unspecified atom stereocenters. The van der Waals surface area contributed by atoms with Gasteiger partial charge in [0.25, 0.3) is 0 Å². The topological polar surface area (TPSA) is 56.8 Å². The first-order chi connectivity index (χ1) is 14.2. The molecule has 0 radical (unpaired) electrons. The van der Waals surface area contributed by atoms with Crippen molar-refractivity contribution >= 4 is 11.8 Å². The van der Waals surface area contributed by atoms with Gasteiger partial charge in [-0.2, -0.15) is 0 Å². The van der Waals surface area contributed by atoms with Gasteiger partial charge in [-0.05, 0) is 63.6 Å². The van der Waals surface area contributed by atoms with Crippen LogP contribution in [-0.2, 0) is 16.1 Å². The second-order valence-corrected chi connectivity index (χ2v) is 8.88. The predicted molar refractivity (Wildman–Crippen MR) is 112 cm³/mol. The van der Waals surface area contributed by atoms with Crippen LogP contribution in [0.3, 0.4) is 0 Å². The molecule has 3 fully saturated rings. The molecule has 29 heavy (non-hydrogen) atoms. The minimum atomic E-state index is 0.0893. The van der Waals surface area contributed by atoms with Gasteiger partial charge in [0.1, 0.15) is 0 Å². The number of aromatic nitrogens is 1. The number of nitrogens with zero attached hydrogens (tertiary/aromatic N) is 4. The lowest BCUT2D eigenvalue weighted by molar-refractivity contribution is -0.138. The van der Waals surface area contributed by atoms with E-state index in [1.807, 2.05) is 23.2 Å². The maximum absolute atomic E-state index is 13.2. The van der Waals surface area contributed by atoms with Crippen molar-refractivity contribution in [3.05, 3.63) is 30.1 Å². The molecule has 2 aliphatic heterocycles. The molecule has 0 spiro atoms. The number of rotatable bonds is 6. The average molecular weight is 399 g/mol. The third-order valence-corrected chi connectivity index (χ3v) is 6.81. The van der Waals surface area contributed by atoms with E-state index < -0.39 is 0 Å². The van der Waals surface area contributed by atoms with E-state index >= 15 is 0 Å². The third-order valence-electron chi connectivity index (χ3n) is 6.81. The van der Waals surface area contributed by atoms with Crippen LogP contribution in [-0.4, -0.2) is 70.3 Å². The molecule has 4 rings (SSSR count). The molecular formula is C23H34N4O2. The fraction of sp³-hybridized carbons (Fsp3) is 0.696. The van der Waals surface area contributed by atoms with Gasteiger partial charge in [0.05, 0.1) is 5.92 Å². The fourth-order valence-corrected chi connectivity index (χ4v) is 4.90. The van der Waals surface area contributed by atoms with Crippen molar-refractivity contribution in [1.82, 2.24) is 19.7 Å². The van der Waals surface area contributed by atoms with Gasteiger partial charge in [-0.25, -0.2) is 0 Å². The summed E-state index contributed by atoms with van der Waals surface area (Å²) < 4.78 is 0. The Kier molecular flexibility index (Phi) is 6.48. The standard InChI is InChI=1S/C23H34N4O2/c1-2-25(16-18-5-3-11-24-15-18)23(29)20-6-4-12-27(17-20)21-9-13-26(14-10-21)22(28)19-7-8-19/h3,5,11,15,19-21H,2,4,6-10,12-14,16-17H2,1H3/t20-/m1/s1. The van der Waals surface area contributed by atoms with Gasteiger partial charge >= 0.3 is 0 Å². The summed E-state index contributed by atoms with van der Waals surface area (Å²) in [5, 5.41) is 0. The maximum Gasteiger partial charge on any atom is 0.227 e. The lowest BCUT2D eigenvalue weighted by atomic mass is 9.92. The zero-order valence-electron chi connectivity index (χ0n) is 17.6. The van der Waals surface area contributed by atoms with Crippen LogP contribution >= 0.6 is 0 Å². The molecule has 0 N–H and O–H groups in total. The number of carbonyl (C=O) groups excluding carboxylic acids is 2. The lowest BCUT2D eigenvalue weighted by Crippen LogP contribution is -2.52. The zero-order valence-corrected chi connectivity index (χ0v) is 17.6. The van der Waals surface area contributed by atoms with Crippen LogP contribution < -0.4 is 0 Å². The molecule has 0 bridgehead atoms. The summed E-state index contributed by atoms with van der Waals surface area (Å²) in [5.41, 5.74) is 1.09. The number of hydrogen-bond acceptors (Lipinski definition) is 4. The smallest absolute Gasteiger partial charge is 0.227 e. The highest BCUT2D eigenvalue weighted by atomic mass is 16.2. The quantitative estimate of drug-likeness (QED) is 0.739. The van der Waals surface area contributed by atoms with Crippen LogP contribution in [0, 0.1) is 11.8 Å². The first-order valence-corrected chi connectivity index (χ1v) is 11.4. The number of carbonyl (C=O) groups is 2. The van der Waals surface area contributed by atoms with Crippen LogP contribution in [0.4, 0.5) is 0 Å². The van der Waals surface area contributed by atoms with Crippen LogP contribution in [0.5, 0.6) is 0 Å². The fourth-order valence-electron chi connectivity index (χ4n) is 4.90. The first kappa shape index (κ1) is 20.3. The van der Waals surface area contributed by atoms with Gasteiger partial charge in [0.2, 0.25) is 11.8 Å². The highest BCUT2D eigenvalue weighted by Crippen LogP contribution is 2.33. The van der Waals surface area contributed by atoms with E-state index in [-0.39, 0.29) is 11.8 Å². The summed E-state index contributed by atoms with van der Waals surface area (Å²) in [6, 6.07) is 4.48. The number of likely N-dealkylation sites (tertiary alicyclic amines) is 2. The third kappa shape index (κ3) is 4.97. The molecule has 2 amide bonds. The van der Waals surface area contributed by atoms with Gasteiger partial charge in [-0.15, -0.1) is 0 Å². The number of hydrogen-bond donors (Lipinski definition) is 0. The molecule has 2 saturated heterocycles. The SMILES string of the molecule is CCN(Cc1cccnc1)C(=O)[C@@H]1CCCN(C2CCN(C(=O)C3CC3)CC2)C1. The van der Waals surface area contributed by atoms with Crippen molar-refractivity contribution in [3.63, 3.8) is 0 Å². The molecule has 0 aromatic carbocycles. The summed E-state index contributed by atoms with van der Waals surface area (Å²) >= 11 is 0. The minimum Gasteiger partial charge on any atom is -0.342 e. The second-order valence-electron chi connectivity index (χ2n) is 8.88. The molecule has 3 aliphatic rings. The largest absolute Gasteiger partial charge is 0.342 e. The van der Waals surface area contributed by atoms with Crippen molar-refractivity contribution in [3.8, 4) is 0 Å². The predicted octanol–water partition coefficient (Wildman–Crippen LogP) is 2.54. The van der Waals surface area contributed by atoms with E-state index in [2.05, 4.69) is 21.7 Å². The van der Waals surface area contributed by atoms with Gasteiger partial charge in [-0.3, -0.25) is 19.5 Å². The molecule has 1 aliphatic carbocycles. The Balaban J connectivity index is 1.30. The van der Waals surface area contributed by atoms with E-state index in [0.29, 0.717) is 24.4 Å². The zero-order chi connectivity index (χ0) is 20.2. The Morgan fingerprint density at radius 1 is 1.10 bits per heavy atom. The van der Waals surface area contributed by atoms with Gasteiger partial charge < -0.3 is 9.80 Å². The van der Waals surface area contributed by atoms with E-state index in [1.54, 1.807) is 6.20 Å². The molecule has 6 nitrogen and oxygen atoms in total. The van der Waals surface area contributed by atoms with Crippen LogP contribution in [0.25, 0.3) is 0 Å². The highest BCUT2D eigenvalue weighted by Gasteiger charge is 2.37. The molecule has 1 atom stereocenters. The Bertz CT molecular complexity index is 698. The van der Waals surface area contributed by atoms with Gasteiger partial charge in [0, 0.05) is 57.1 Å². The molecule has 1 aromatic heterocycles. The Hall–Kier alpha value is -1.95. The normalized spacial score (nSPS) is 23.8. The number of amides is 2. The van der Waals surface area contributed by atoms with Crippen LogP contribution in [0.2, 0.25) is 0 Å². The number of piperidine rings is 2. The van der Waals surface area contributed by atoms with Gasteiger partial charge in [-0.1, -0.05) is 6.07 Å². The van der Waals surface area contributed by atoms with Crippen molar-refractivity contribution in [1.29, 1.82) is 0 Å². The molecule has 1 aromatic rings. The Morgan fingerprint density at radius 2 is 1.90 bits per heavy atom. The van der Waals surface area contributed by atoms with Crippen molar-refractivity contribution in [2.24, 2.45) is 11.8 Å². The summed E-state index contributed by atoms with van der Waals surface area (Å²) in [6.07, 6.45) is 9.95. The Labute approximate surface area is 174 Å².